The summed E-state index contributed by atoms with van der Waals surface area (Å²) in [5.41, 5.74) is 4.45. The van der Waals surface area contributed by atoms with E-state index in [1.165, 1.54) is 11.1 Å². The minimum atomic E-state index is 0.00555. The predicted molar refractivity (Wildman–Crippen MR) is 169 cm³/mol. The van der Waals surface area contributed by atoms with Crippen LogP contribution in [0.5, 0.6) is 17.2 Å². The lowest BCUT2D eigenvalue weighted by Crippen LogP contribution is -2.31. The zero-order chi connectivity index (χ0) is 29.6. The van der Waals surface area contributed by atoms with Crippen LogP contribution < -0.4 is 14.2 Å². The van der Waals surface area contributed by atoms with Crippen LogP contribution in [-0.2, 0) is 17.4 Å². The minimum absolute atomic E-state index is 0.00555. The Bertz CT molecular complexity index is 1350. The van der Waals surface area contributed by atoms with E-state index in [2.05, 4.69) is 75.7 Å². The molecule has 0 aliphatic carbocycles. The molecule has 0 unspecified atom stereocenters. The van der Waals surface area contributed by atoms with Gasteiger partial charge in [0.15, 0.2) is 11.5 Å². The molecule has 0 saturated heterocycles. The lowest BCUT2D eigenvalue weighted by molar-refractivity contribution is 0.0737. The van der Waals surface area contributed by atoms with Gasteiger partial charge in [0.2, 0.25) is 6.79 Å². The number of ether oxygens (including phenoxy) is 3. The van der Waals surface area contributed by atoms with Gasteiger partial charge in [0.25, 0.3) is 5.91 Å². The minimum Gasteiger partial charge on any atom is -0.493 e. The number of hydrogen-bond acceptors (Lipinski definition) is 4. The van der Waals surface area contributed by atoms with Crippen molar-refractivity contribution in [3.63, 3.8) is 0 Å². The van der Waals surface area contributed by atoms with Gasteiger partial charge in [-0.3, -0.25) is 4.79 Å². The maximum Gasteiger partial charge on any atom is 0.254 e. The summed E-state index contributed by atoms with van der Waals surface area (Å²) in [6.45, 7) is 15.6. The highest BCUT2D eigenvalue weighted by atomic mass is 79.9. The fraction of sp³-hybridized carbons (Fsp3) is 0.457. The predicted octanol–water partition coefficient (Wildman–Crippen LogP) is 9.05. The molecule has 0 N–H and O–H groups in total. The first-order valence-electron chi connectivity index (χ1n) is 14.7. The van der Waals surface area contributed by atoms with Crippen molar-refractivity contribution in [2.24, 2.45) is 0 Å². The van der Waals surface area contributed by atoms with Crippen LogP contribution in [0.25, 0.3) is 0 Å². The monoisotopic (exact) mass is 621 g/mol. The molecule has 0 radical (unpaired) electrons. The Morgan fingerprint density at radius 3 is 2.39 bits per heavy atom. The molecular formula is C35H44BrNO4. The second-order valence-electron chi connectivity index (χ2n) is 12.2. The molecule has 1 aliphatic rings. The molecule has 4 rings (SSSR count). The summed E-state index contributed by atoms with van der Waals surface area (Å²) in [5, 5.41) is 0. The number of carbonyl (C=O) groups is 1. The summed E-state index contributed by atoms with van der Waals surface area (Å²) < 4.78 is 18.3. The van der Waals surface area contributed by atoms with E-state index in [1.54, 1.807) is 0 Å². The van der Waals surface area contributed by atoms with E-state index in [4.69, 9.17) is 14.2 Å². The largest absolute Gasteiger partial charge is 0.493 e. The second-order valence-corrected chi connectivity index (χ2v) is 13.1. The van der Waals surface area contributed by atoms with E-state index in [1.807, 2.05) is 47.4 Å². The highest BCUT2D eigenvalue weighted by molar-refractivity contribution is 9.10. The van der Waals surface area contributed by atoms with Gasteiger partial charge in [0.1, 0.15) is 5.75 Å². The fourth-order valence-corrected chi connectivity index (χ4v) is 5.30. The van der Waals surface area contributed by atoms with Crippen molar-refractivity contribution in [3.8, 4) is 17.2 Å². The van der Waals surface area contributed by atoms with Gasteiger partial charge in [-0.2, -0.15) is 0 Å². The van der Waals surface area contributed by atoms with E-state index >= 15 is 0 Å². The molecular weight excluding hydrogens is 578 g/mol. The molecule has 1 heterocycles. The van der Waals surface area contributed by atoms with Gasteiger partial charge in [-0.15, -0.1) is 0 Å². The highest BCUT2D eigenvalue weighted by Crippen LogP contribution is 2.38. The summed E-state index contributed by atoms with van der Waals surface area (Å²) >= 11 is 3.50. The molecule has 220 valence electrons. The normalized spacial score (nSPS) is 12.9. The quantitative estimate of drug-likeness (QED) is 0.179. The number of hydrogen-bond donors (Lipinski definition) is 0. The van der Waals surface area contributed by atoms with Gasteiger partial charge in [-0.05, 0) is 84.0 Å². The number of benzene rings is 3. The first-order valence-corrected chi connectivity index (χ1v) is 15.5. The molecule has 5 nitrogen and oxygen atoms in total. The van der Waals surface area contributed by atoms with Crippen LogP contribution in [0.1, 0.15) is 94.3 Å². The first-order chi connectivity index (χ1) is 19.5. The molecule has 1 amide bonds. The third kappa shape index (κ3) is 7.65. The zero-order valence-corrected chi connectivity index (χ0v) is 27.0. The molecule has 3 aromatic rings. The average Bonchev–Trinajstić information content (AvgIpc) is 3.44. The third-order valence-corrected chi connectivity index (χ3v) is 9.00. The fourth-order valence-electron chi connectivity index (χ4n) is 4.90. The van der Waals surface area contributed by atoms with Gasteiger partial charge in [0, 0.05) is 28.7 Å². The van der Waals surface area contributed by atoms with Crippen molar-refractivity contribution in [2.45, 2.75) is 84.6 Å². The van der Waals surface area contributed by atoms with Crippen LogP contribution in [0.3, 0.4) is 0 Å². The molecule has 41 heavy (non-hydrogen) atoms. The van der Waals surface area contributed by atoms with Crippen molar-refractivity contribution < 1.29 is 19.0 Å². The molecule has 0 aromatic heterocycles. The molecule has 0 atom stereocenters. The van der Waals surface area contributed by atoms with E-state index in [9.17, 15) is 4.79 Å². The van der Waals surface area contributed by atoms with Gasteiger partial charge in [-0.25, -0.2) is 0 Å². The first kappa shape index (κ1) is 31.0. The smallest absolute Gasteiger partial charge is 0.254 e. The number of unbranched alkanes of at least 4 members (excludes halogenated alkanes) is 1. The molecule has 1 aliphatic heterocycles. The van der Waals surface area contributed by atoms with E-state index in [-0.39, 0.29) is 23.5 Å². The van der Waals surface area contributed by atoms with Crippen LogP contribution in [0, 0.1) is 0 Å². The van der Waals surface area contributed by atoms with Crippen molar-refractivity contribution in [1.82, 2.24) is 4.90 Å². The standard InChI is InChI=1S/C35H44BrNO4/c1-7-34(3,4)27-15-17-30(29(22-27)35(5,6)8-2)39-19-10-9-18-37(33(38)26-12-11-13-28(36)21-26)23-25-14-16-31-32(20-25)41-24-40-31/h11-17,20-22H,7-10,18-19,23-24H2,1-6H3. The van der Waals surface area contributed by atoms with Crippen molar-refractivity contribution in [2.75, 3.05) is 19.9 Å². The molecule has 0 saturated carbocycles. The Kier molecular flexibility index (Phi) is 10.1. The average molecular weight is 623 g/mol. The van der Waals surface area contributed by atoms with Gasteiger partial charge in [-0.1, -0.05) is 81.7 Å². The Labute approximate surface area is 254 Å². The molecule has 3 aromatic carbocycles. The number of nitrogens with zero attached hydrogens (tertiary/aromatic N) is 1. The maximum atomic E-state index is 13.6. The highest BCUT2D eigenvalue weighted by Gasteiger charge is 2.27. The lowest BCUT2D eigenvalue weighted by Gasteiger charge is -2.30. The van der Waals surface area contributed by atoms with Crippen LogP contribution in [0.15, 0.2) is 65.1 Å². The summed E-state index contributed by atoms with van der Waals surface area (Å²) in [6, 6.07) is 20.2. The summed E-state index contributed by atoms with van der Waals surface area (Å²) in [4.78, 5) is 15.5. The van der Waals surface area contributed by atoms with Crippen LogP contribution >= 0.6 is 15.9 Å². The number of carbonyl (C=O) groups excluding carboxylic acids is 1. The Hall–Kier alpha value is -2.99. The Balaban J connectivity index is 1.43. The zero-order valence-electron chi connectivity index (χ0n) is 25.4. The molecule has 0 bridgehead atoms. The van der Waals surface area contributed by atoms with E-state index < -0.39 is 0 Å². The molecule has 0 spiro atoms. The van der Waals surface area contributed by atoms with Crippen LogP contribution in [-0.4, -0.2) is 30.8 Å². The summed E-state index contributed by atoms with van der Waals surface area (Å²) in [7, 11) is 0. The van der Waals surface area contributed by atoms with E-state index in [0.29, 0.717) is 25.3 Å². The van der Waals surface area contributed by atoms with E-state index in [0.717, 1.165) is 53.0 Å². The van der Waals surface area contributed by atoms with Crippen molar-refractivity contribution >= 4 is 21.8 Å². The second kappa shape index (κ2) is 13.3. The van der Waals surface area contributed by atoms with Gasteiger partial charge >= 0.3 is 0 Å². The number of rotatable bonds is 13. The van der Waals surface area contributed by atoms with Crippen molar-refractivity contribution in [1.29, 1.82) is 0 Å². The van der Waals surface area contributed by atoms with Crippen LogP contribution in [0.2, 0.25) is 0 Å². The van der Waals surface area contributed by atoms with Crippen molar-refractivity contribution in [3.05, 3.63) is 87.4 Å². The SMILES string of the molecule is CCC(C)(C)c1ccc(OCCCCN(Cc2ccc3c(c2)OCO3)C(=O)c2cccc(Br)c2)c(C(C)(C)CC)c1. The number of halogens is 1. The number of fused-ring (bicyclic) bond motifs is 1. The summed E-state index contributed by atoms with van der Waals surface area (Å²) in [6.07, 6.45) is 3.79. The van der Waals surface area contributed by atoms with Gasteiger partial charge in [0.05, 0.1) is 6.61 Å². The number of amides is 1. The third-order valence-electron chi connectivity index (χ3n) is 8.51. The topological polar surface area (TPSA) is 48.0 Å². The Morgan fingerprint density at radius 1 is 0.902 bits per heavy atom. The molecule has 0 fully saturated rings. The molecule has 6 heteroatoms. The maximum absolute atomic E-state index is 13.6. The van der Waals surface area contributed by atoms with Gasteiger partial charge < -0.3 is 19.1 Å². The summed E-state index contributed by atoms with van der Waals surface area (Å²) in [5.74, 6) is 2.44. The van der Waals surface area contributed by atoms with Crippen LogP contribution in [0.4, 0.5) is 0 Å². The Morgan fingerprint density at radius 2 is 1.66 bits per heavy atom. The lowest BCUT2D eigenvalue weighted by atomic mass is 9.76.